The standard InChI is InChI=1S/C29H33IN2O3S/c1-4-32(5-2)23-16-13-21(25(17-23)35-19-20-11-14-22(30)15-12-20)18-31-28-27(29(33)34-6-3)24-9-7-8-10-26(24)36-28/h11-18H,4-10,19H2,1-3H3. The molecular weight excluding hydrogens is 583 g/mol. The zero-order valence-electron chi connectivity index (χ0n) is 21.2. The molecule has 0 radical (unpaired) electrons. The van der Waals surface area contributed by atoms with E-state index in [0.717, 1.165) is 71.9 Å². The summed E-state index contributed by atoms with van der Waals surface area (Å²) in [5.41, 5.74) is 4.89. The lowest BCUT2D eigenvalue weighted by Gasteiger charge is -2.22. The first-order valence-corrected chi connectivity index (χ1v) is 14.6. The van der Waals surface area contributed by atoms with Crippen LogP contribution < -0.4 is 9.64 Å². The van der Waals surface area contributed by atoms with Crippen molar-refractivity contribution in [2.45, 2.75) is 53.1 Å². The normalized spacial score (nSPS) is 13.0. The summed E-state index contributed by atoms with van der Waals surface area (Å²) in [6.07, 6.45) is 6.00. The smallest absolute Gasteiger partial charge is 0.341 e. The largest absolute Gasteiger partial charge is 0.488 e. The number of hydrogen-bond donors (Lipinski definition) is 0. The molecule has 2 aromatic carbocycles. The van der Waals surface area contributed by atoms with E-state index in [0.29, 0.717) is 18.8 Å². The summed E-state index contributed by atoms with van der Waals surface area (Å²) in [4.78, 5) is 21.2. The average molecular weight is 617 g/mol. The zero-order chi connectivity index (χ0) is 25.5. The SMILES string of the molecule is CCOC(=O)c1c(N=Cc2ccc(N(CC)CC)cc2OCc2ccc(I)cc2)sc2c1CCCC2. The lowest BCUT2D eigenvalue weighted by molar-refractivity contribution is 0.0526. The summed E-state index contributed by atoms with van der Waals surface area (Å²) in [6.45, 7) is 8.82. The second kappa shape index (κ2) is 12.7. The number of carbonyl (C=O) groups is 1. The van der Waals surface area contributed by atoms with E-state index in [1.54, 1.807) is 11.3 Å². The number of hydrogen-bond acceptors (Lipinski definition) is 6. The highest BCUT2D eigenvalue weighted by atomic mass is 127. The molecule has 0 spiro atoms. The molecule has 1 aliphatic carbocycles. The number of esters is 1. The van der Waals surface area contributed by atoms with E-state index in [2.05, 4.69) is 83.8 Å². The maximum atomic E-state index is 12.8. The summed E-state index contributed by atoms with van der Waals surface area (Å²) in [5, 5.41) is 0.733. The van der Waals surface area contributed by atoms with E-state index in [4.69, 9.17) is 14.5 Å². The average Bonchev–Trinajstić information content (AvgIpc) is 3.27. The molecule has 0 amide bonds. The molecule has 5 nitrogen and oxygen atoms in total. The van der Waals surface area contributed by atoms with Gasteiger partial charge in [0.05, 0.1) is 12.2 Å². The highest BCUT2D eigenvalue weighted by Gasteiger charge is 2.26. The van der Waals surface area contributed by atoms with E-state index in [1.165, 1.54) is 8.45 Å². The first-order valence-electron chi connectivity index (χ1n) is 12.7. The fourth-order valence-corrected chi connectivity index (χ4v) is 6.05. The maximum Gasteiger partial charge on any atom is 0.341 e. The Labute approximate surface area is 231 Å². The number of aliphatic imine (C=N–C) groups is 1. The van der Waals surface area contributed by atoms with Crippen molar-refractivity contribution >= 4 is 56.8 Å². The van der Waals surface area contributed by atoms with Crippen molar-refractivity contribution in [2.75, 3.05) is 24.6 Å². The Kier molecular flexibility index (Phi) is 9.42. The van der Waals surface area contributed by atoms with Gasteiger partial charge in [0.1, 0.15) is 17.4 Å². The number of anilines is 1. The highest BCUT2D eigenvalue weighted by molar-refractivity contribution is 14.1. The first-order chi connectivity index (χ1) is 17.5. The highest BCUT2D eigenvalue weighted by Crippen LogP contribution is 2.40. The van der Waals surface area contributed by atoms with Crippen molar-refractivity contribution in [1.29, 1.82) is 0 Å². The fraction of sp³-hybridized carbons (Fsp3) is 0.379. The van der Waals surface area contributed by atoms with E-state index >= 15 is 0 Å². The van der Waals surface area contributed by atoms with Crippen LogP contribution in [0.15, 0.2) is 47.5 Å². The third-order valence-corrected chi connectivity index (χ3v) is 8.31. The van der Waals surface area contributed by atoms with Crippen molar-refractivity contribution in [2.24, 2.45) is 4.99 Å². The van der Waals surface area contributed by atoms with Gasteiger partial charge in [0.2, 0.25) is 0 Å². The first kappa shape index (κ1) is 26.7. The molecular formula is C29H33IN2O3S. The van der Waals surface area contributed by atoms with Gasteiger partial charge in [-0.25, -0.2) is 9.79 Å². The minimum absolute atomic E-state index is 0.267. The molecule has 4 rings (SSSR count). The van der Waals surface area contributed by atoms with Crippen LogP contribution in [0.4, 0.5) is 10.7 Å². The van der Waals surface area contributed by atoms with Crippen LogP contribution in [0.5, 0.6) is 5.75 Å². The fourth-order valence-electron chi connectivity index (χ4n) is 4.47. The van der Waals surface area contributed by atoms with Crippen LogP contribution in [0.25, 0.3) is 0 Å². The minimum Gasteiger partial charge on any atom is -0.488 e. The Morgan fingerprint density at radius 3 is 2.56 bits per heavy atom. The second-order valence-corrected chi connectivity index (χ2v) is 11.0. The minimum atomic E-state index is -0.267. The van der Waals surface area contributed by atoms with Gasteiger partial charge in [0, 0.05) is 45.1 Å². The Morgan fingerprint density at radius 2 is 1.83 bits per heavy atom. The number of carbonyl (C=O) groups excluding carboxylic acids is 1. The quantitative estimate of drug-likeness (QED) is 0.134. The lowest BCUT2D eigenvalue weighted by Crippen LogP contribution is -2.21. The number of ether oxygens (including phenoxy) is 2. The summed E-state index contributed by atoms with van der Waals surface area (Å²) in [5.74, 6) is 0.511. The molecule has 0 atom stereocenters. The van der Waals surface area contributed by atoms with E-state index in [1.807, 2.05) is 13.1 Å². The number of nitrogens with zero attached hydrogens (tertiary/aromatic N) is 2. The third-order valence-electron chi connectivity index (χ3n) is 6.39. The molecule has 0 fully saturated rings. The molecule has 0 N–H and O–H groups in total. The topological polar surface area (TPSA) is 51.1 Å². The molecule has 0 bridgehead atoms. The summed E-state index contributed by atoms with van der Waals surface area (Å²) < 4.78 is 12.9. The van der Waals surface area contributed by atoms with Gasteiger partial charge in [0.25, 0.3) is 0 Å². The zero-order valence-corrected chi connectivity index (χ0v) is 24.2. The van der Waals surface area contributed by atoms with Crippen LogP contribution >= 0.6 is 33.9 Å². The van der Waals surface area contributed by atoms with Crippen molar-refractivity contribution in [3.05, 3.63) is 73.2 Å². The van der Waals surface area contributed by atoms with E-state index in [9.17, 15) is 4.79 Å². The summed E-state index contributed by atoms with van der Waals surface area (Å²) >= 11 is 3.93. The molecule has 36 heavy (non-hydrogen) atoms. The number of benzene rings is 2. The van der Waals surface area contributed by atoms with Crippen LogP contribution in [-0.4, -0.2) is 31.9 Å². The lowest BCUT2D eigenvalue weighted by atomic mass is 9.95. The molecule has 1 aromatic heterocycles. The van der Waals surface area contributed by atoms with Crippen LogP contribution in [0.3, 0.4) is 0 Å². The van der Waals surface area contributed by atoms with Crippen LogP contribution in [-0.2, 0) is 24.2 Å². The molecule has 0 aliphatic heterocycles. The molecule has 3 aromatic rings. The van der Waals surface area contributed by atoms with Gasteiger partial charge < -0.3 is 14.4 Å². The Hall–Kier alpha value is -2.39. The molecule has 1 aliphatic rings. The van der Waals surface area contributed by atoms with E-state index in [-0.39, 0.29) is 5.97 Å². The van der Waals surface area contributed by atoms with Crippen LogP contribution in [0.1, 0.15) is 65.5 Å². The van der Waals surface area contributed by atoms with Gasteiger partial charge in [-0.15, -0.1) is 11.3 Å². The van der Waals surface area contributed by atoms with Gasteiger partial charge >= 0.3 is 5.97 Å². The third kappa shape index (κ3) is 6.29. The molecule has 0 saturated heterocycles. The van der Waals surface area contributed by atoms with Gasteiger partial charge in [-0.2, -0.15) is 0 Å². The molecule has 1 heterocycles. The Balaban J connectivity index is 1.67. The number of thiophene rings is 1. The van der Waals surface area contributed by atoms with Gasteiger partial charge in [0.15, 0.2) is 0 Å². The number of aryl methyl sites for hydroxylation is 1. The van der Waals surface area contributed by atoms with Crippen molar-refractivity contribution in [3.63, 3.8) is 0 Å². The van der Waals surface area contributed by atoms with Gasteiger partial charge in [-0.05, 0) is 104 Å². The Bertz CT molecular complexity index is 1220. The number of fused-ring (bicyclic) bond motifs is 1. The predicted molar refractivity (Wildman–Crippen MR) is 158 cm³/mol. The van der Waals surface area contributed by atoms with Gasteiger partial charge in [-0.3, -0.25) is 0 Å². The molecule has 0 saturated carbocycles. The van der Waals surface area contributed by atoms with Crippen LogP contribution in [0.2, 0.25) is 0 Å². The van der Waals surface area contributed by atoms with Crippen LogP contribution in [0, 0.1) is 3.57 Å². The van der Waals surface area contributed by atoms with E-state index < -0.39 is 0 Å². The monoisotopic (exact) mass is 616 g/mol. The van der Waals surface area contributed by atoms with Crippen molar-refractivity contribution in [1.82, 2.24) is 0 Å². The summed E-state index contributed by atoms with van der Waals surface area (Å²) in [6, 6.07) is 14.6. The maximum absolute atomic E-state index is 12.8. The molecule has 0 unspecified atom stereocenters. The van der Waals surface area contributed by atoms with Gasteiger partial charge in [-0.1, -0.05) is 12.1 Å². The Morgan fingerprint density at radius 1 is 1.08 bits per heavy atom. The predicted octanol–water partition coefficient (Wildman–Crippen LogP) is 7.58. The van der Waals surface area contributed by atoms with Crippen molar-refractivity contribution < 1.29 is 14.3 Å². The number of halogens is 1. The summed E-state index contributed by atoms with van der Waals surface area (Å²) in [7, 11) is 0. The molecule has 7 heteroatoms. The van der Waals surface area contributed by atoms with Crippen molar-refractivity contribution in [3.8, 4) is 5.75 Å². The molecule has 190 valence electrons. The second-order valence-electron chi connectivity index (χ2n) is 8.68. The number of rotatable bonds is 10.